The van der Waals surface area contributed by atoms with Crippen LogP contribution in [0.2, 0.25) is 0 Å². The topological polar surface area (TPSA) is 80.5 Å². The summed E-state index contributed by atoms with van der Waals surface area (Å²) in [6, 6.07) is 12.4. The third kappa shape index (κ3) is 4.90. The summed E-state index contributed by atoms with van der Waals surface area (Å²) in [5.74, 6) is -0.919. The first-order valence-electron chi connectivity index (χ1n) is 10.3. The smallest absolute Gasteiger partial charge is 0.243 e. The summed E-state index contributed by atoms with van der Waals surface area (Å²) < 4.78 is 42.2. The molecule has 0 aromatic heterocycles. The Labute approximate surface area is 178 Å². The largest absolute Gasteiger partial charge is 0.369 e. The van der Waals surface area contributed by atoms with E-state index < -0.39 is 10.0 Å². The quantitative estimate of drug-likeness (QED) is 0.675. The summed E-state index contributed by atoms with van der Waals surface area (Å²) in [5, 5.41) is 0. The van der Waals surface area contributed by atoms with Crippen molar-refractivity contribution in [3.8, 4) is 0 Å². The molecule has 1 aliphatic heterocycles. The summed E-state index contributed by atoms with van der Waals surface area (Å²) in [5.41, 5.74) is 7.13. The Balaban J connectivity index is 1.89. The van der Waals surface area contributed by atoms with Gasteiger partial charge in [-0.3, -0.25) is 4.79 Å². The maximum atomic E-state index is 13.6. The Morgan fingerprint density at radius 3 is 2.37 bits per heavy atom. The van der Waals surface area contributed by atoms with Crippen molar-refractivity contribution in [2.75, 3.05) is 0 Å². The summed E-state index contributed by atoms with van der Waals surface area (Å²) in [6.45, 7) is 3.70. The van der Waals surface area contributed by atoms with Crippen LogP contribution in [-0.4, -0.2) is 24.7 Å². The molecule has 5 nitrogen and oxygen atoms in total. The molecule has 1 saturated heterocycles. The average molecular weight is 433 g/mol. The zero-order chi connectivity index (χ0) is 21.9. The highest BCUT2D eigenvalue weighted by Gasteiger charge is 2.42. The van der Waals surface area contributed by atoms with Crippen LogP contribution in [0.5, 0.6) is 0 Å². The molecule has 162 valence electrons. The summed E-state index contributed by atoms with van der Waals surface area (Å²) >= 11 is 0. The van der Waals surface area contributed by atoms with Crippen LogP contribution in [-0.2, 0) is 14.8 Å². The Bertz CT molecular complexity index is 975. The van der Waals surface area contributed by atoms with E-state index in [1.807, 2.05) is 6.92 Å². The van der Waals surface area contributed by atoms with Gasteiger partial charge < -0.3 is 5.73 Å². The van der Waals surface area contributed by atoms with Gasteiger partial charge in [0.05, 0.1) is 10.9 Å². The second kappa shape index (κ2) is 9.27. The number of carbonyl (C=O) groups excluding carboxylic acids is 1. The van der Waals surface area contributed by atoms with Crippen LogP contribution in [0.3, 0.4) is 0 Å². The van der Waals surface area contributed by atoms with Crippen LogP contribution >= 0.6 is 0 Å². The summed E-state index contributed by atoms with van der Waals surface area (Å²) in [6.07, 6.45) is 3.39. The van der Waals surface area contributed by atoms with Crippen molar-refractivity contribution >= 4 is 15.9 Å². The molecule has 2 N–H and O–H groups in total. The van der Waals surface area contributed by atoms with Crippen LogP contribution in [0.25, 0.3) is 0 Å². The Kier molecular flexibility index (Phi) is 6.93. The molecular formula is C23H29FN2O3S. The van der Waals surface area contributed by atoms with Crippen molar-refractivity contribution < 1.29 is 17.6 Å². The minimum absolute atomic E-state index is 0.175. The number of amides is 1. The predicted octanol–water partition coefficient (Wildman–Crippen LogP) is 4.32. The van der Waals surface area contributed by atoms with Gasteiger partial charge in [-0.1, -0.05) is 43.2 Å². The third-order valence-corrected chi connectivity index (χ3v) is 7.93. The molecule has 0 spiro atoms. The fourth-order valence-corrected chi connectivity index (χ4v) is 6.02. The minimum Gasteiger partial charge on any atom is -0.369 e. The number of hydrogen-bond acceptors (Lipinski definition) is 3. The SMILES string of the molecule is Cc1ccc(S(=O)(=O)N2C(CCCC(C)C(N)=O)CCC2c2ccc(F)cc2)cc1. The lowest BCUT2D eigenvalue weighted by atomic mass is 10.0. The molecule has 3 rings (SSSR count). The lowest BCUT2D eigenvalue weighted by molar-refractivity contribution is -0.121. The van der Waals surface area contributed by atoms with E-state index in [0.29, 0.717) is 25.7 Å². The lowest BCUT2D eigenvalue weighted by Gasteiger charge is -2.30. The summed E-state index contributed by atoms with van der Waals surface area (Å²) in [4.78, 5) is 11.6. The Morgan fingerprint density at radius 2 is 1.77 bits per heavy atom. The second-order valence-electron chi connectivity index (χ2n) is 8.18. The minimum atomic E-state index is -3.73. The van der Waals surface area contributed by atoms with Gasteiger partial charge in [0.15, 0.2) is 0 Å². The number of primary amides is 1. The maximum Gasteiger partial charge on any atom is 0.243 e. The normalized spacial score (nSPS) is 20.9. The first-order chi connectivity index (χ1) is 14.2. The number of carbonyl (C=O) groups is 1. The van der Waals surface area contributed by atoms with Gasteiger partial charge in [-0.2, -0.15) is 4.31 Å². The van der Waals surface area contributed by atoms with Crippen LogP contribution in [0.1, 0.15) is 56.2 Å². The second-order valence-corrected chi connectivity index (χ2v) is 10.0. The van der Waals surface area contributed by atoms with Crippen molar-refractivity contribution in [3.63, 3.8) is 0 Å². The number of hydrogen-bond donors (Lipinski definition) is 1. The molecule has 1 heterocycles. The molecule has 1 aliphatic rings. The molecule has 0 aliphatic carbocycles. The number of nitrogens with zero attached hydrogens (tertiary/aromatic N) is 1. The van der Waals surface area contributed by atoms with Crippen molar-refractivity contribution in [3.05, 3.63) is 65.5 Å². The fraction of sp³-hybridized carbons (Fsp3) is 0.435. The van der Waals surface area contributed by atoms with E-state index in [1.54, 1.807) is 47.6 Å². The van der Waals surface area contributed by atoms with E-state index in [-0.39, 0.29) is 34.6 Å². The van der Waals surface area contributed by atoms with Gasteiger partial charge in [-0.05, 0) is 62.4 Å². The van der Waals surface area contributed by atoms with Crippen molar-refractivity contribution in [1.82, 2.24) is 4.31 Å². The molecule has 0 radical (unpaired) electrons. The van der Waals surface area contributed by atoms with Gasteiger partial charge in [0.2, 0.25) is 15.9 Å². The summed E-state index contributed by atoms with van der Waals surface area (Å²) in [7, 11) is -3.73. The number of nitrogens with two attached hydrogens (primary N) is 1. The highest BCUT2D eigenvalue weighted by atomic mass is 32.2. The van der Waals surface area contributed by atoms with Crippen LogP contribution in [0.15, 0.2) is 53.4 Å². The molecule has 1 fully saturated rings. The van der Waals surface area contributed by atoms with Crippen molar-refractivity contribution in [1.29, 1.82) is 0 Å². The van der Waals surface area contributed by atoms with E-state index in [2.05, 4.69) is 0 Å². The molecule has 7 heteroatoms. The van der Waals surface area contributed by atoms with Gasteiger partial charge in [0.1, 0.15) is 5.82 Å². The van der Waals surface area contributed by atoms with Gasteiger partial charge in [-0.15, -0.1) is 0 Å². The van der Waals surface area contributed by atoms with Crippen molar-refractivity contribution in [2.24, 2.45) is 11.7 Å². The number of benzene rings is 2. The molecule has 2 aromatic carbocycles. The molecule has 3 atom stereocenters. The standard InChI is InChI=1S/C23H29FN2O3S/c1-16-6-13-21(14-7-16)30(28,29)26-20(5-3-4-17(2)23(25)27)12-15-22(26)18-8-10-19(24)11-9-18/h6-11,13-14,17,20,22H,3-5,12,15H2,1-2H3,(H2,25,27). The van der Waals surface area contributed by atoms with Gasteiger partial charge in [-0.25, -0.2) is 12.8 Å². The van der Waals surface area contributed by atoms with Crippen LogP contribution in [0.4, 0.5) is 4.39 Å². The molecule has 0 bridgehead atoms. The van der Waals surface area contributed by atoms with Gasteiger partial charge in [0.25, 0.3) is 0 Å². The van der Waals surface area contributed by atoms with Crippen LogP contribution < -0.4 is 5.73 Å². The third-order valence-electron chi connectivity index (χ3n) is 5.95. The van der Waals surface area contributed by atoms with Crippen LogP contribution in [0, 0.1) is 18.7 Å². The molecule has 2 aromatic rings. The highest BCUT2D eigenvalue weighted by molar-refractivity contribution is 7.89. The van der Waals surface area contributed by atoms with E-state index in [9.17, 15) is 17.6 Å². The Morgan fingerprint density at radius 1 is 1.13 bits per heavy atom. The zero-order valence-corrected chi connectivity index (χ0v) is 18.2. The number of halogens is 1. The molecule has 1 amide bonds. The highest BCUT2D eigenvalue weighted by Crippen LogP contribution is 2.42. The molecule has 3 unspecified atom stereocenters. The number of sulfonamides is 1. The van der Waals surface area contributed by atoms with E-state index in [4.69, 9.17) is 5.73 Å². The predicted molar refractivity (Wildman–Crippen MR) is 115 cm³/mol. The van der Waals surface area contributed by atoms with E-state index in [0.717, 1.165) is 17.5 Å². The lowest BCUT2D eigenvalue weighted by Crippen LogP contribution is -2.37. The molecule has 0 saturated carbocycles. The fourth-order valence-electron chi connectivity index (χ4n) is 4.13. The molecule has 30 heavy (non-hydrogen) atoms. The number of aryl methyl sites for hydroxylation is 1. The Hall–Kier alpha value is -2.25. The number of rotatable bonds is 8. The maximum absolute atomic E-state index is 13.6. The monoisotopic (exact) mass is 432 g/mol. The van der Waals surface area contributed by atoms with E-state index in [1.165, 1.54) is 12.1 Å². The average Bonchev–Trinajstić information content (AvgIpc) is 3.13. The van der Waals surface area contributed by atoms with Gasteiger partial charge >= 0.3 is 0 Å². The van der Waals surface area contributed by atoms with E-state index >= 15 is 0 Å². The van der Waals surface area contributed by atoms with Gasteiger partial charge in [0, 0.05) is 12.0 Å². The molecular weight excluding hydrogens is 403 g/mol. The van der Waals surface area contributed by atoms with Crippen molar-refractivity contribution in [2.45, 2.75) is 62.9 Å². The zero-order valence-electron chi connectivity index (χ0n) is 17.4. The first kappa shape index (κ1) is 22.4. The first-order valence-corrected chi connectivity index (χ1v) is 11.8.